The normalized spacial score (nSPS) is 14.9. The van der Waals surface area contributed by atoms with E-state index in [-0.39, 0.29) is 28.6 Å². The van der Waals surface area contributed by atoms with Crippen LogP contribution >= 0.6 is 12.2 Å². The molecule has 3 heterocycles. The number of nitrogens with zero attached hydrogens (tertiary/aromatic N) is 3. The zero-order valence-corrected chi connectivity index (χ0v) is 19.8. The molecule has 2 aromatic heterocycles. The predicted molar refractivity (Wildman–Crippen MR) is 131 cm³/mol. The third-order valence-electron chi connectivity index (χ3n) is 6.27. The average Bonchev–Trinajstić information content (AvgIpc) is 3.23. The van der Waals surface area contributed by atoms with Gasteiger partial charge >= 0.3 is 0 Å². The highest BCUT2D eigenvalue weighted by Crippen LogP contribution is 2.43. The number of aromatic hydroxyl groups is 2. The van der Waals surface area contributed by atoms with Crippen LogP contribution in [0.4, 0.5) is 0 Å². The van der Waals surface area contributed by atoms with E-state index in [2.05, 4.69) is 4.98 Å². The first-order valence-corrected chi connectivity index (χ1v) is 11.2. The first-order valence-electron chi connectivity index (χ1n) is 10.8. The van der Waals surface area contributed by atoms with E-state index in [4.69, 9.17) is 17.0 Å². The quantitative estimate of drug-likeness (QED) is 0.419. The average molecular weight is 474 g/mol. The number of para-hydroxylation sites is 2. The molecular weight excluding hydrogens is 450 g/mol. The Bertz CT molecular complexity index is 1570. The van der Waals surface area contributed by atoms with Crippen molar-refractivity contribution in [1.29, 1.82) is 0 Å². The van der Waals surface area contributed by atoms with Crippen molar-refractivity contribution < 1.29 is 14.9 Å². The van der Waals surface area contributed by atoms with Crippen molar-refractivity contribution in [1.82, 2.24) is 14.1 Å². The second kappa shape index (κ2) is 8.23. The van der Waals surface area contributed by atoms with E-state index in [1.54, 1.807) is 13.1 Å². The standard InChI is InChI=1S/C26H23N3O4S/c1-14-8-4-6-10-18(14)28-24(31)21(23-20-17(13-33-23)12-27-16(3)22(20)30)25(32)29(26(28)34)19-11-7-5-9-15(19)2/h4-12,23,30-31H,13H2,1-3H3/t23-/m1/s1. The van der Waals surface area contributed by atoms with E-state index < -0.39 is 11.7 Å². The van der Waals surface area contributed by atoms with Crippen LogP contribution in [0.5, 0.6) is 11.6 Å². The fourth-order valence-corrected chi connectivity index (χ4v) is 4.81. The van der Waals surface area contributed by atoms with Gasteiger partial charge in [0, 0.05) is 17.3 Å². The van der Waals surface area contributed by atoms with E-state index in [9.17, 15) is 15.0 Å². The van der Waals surface area contributed by atoms with Crippen molar-refractivity contribution >= 4 is 12.2 Å². The molecule has 1 aliphatic rings. The number of ether oxygens (including phenoxy) is 1. The van der Waals surface area contributed by atoms with Crippen molar-refractivity contribution in [2.45, 2.75) is 33.5 Å². The summed E-state index contributed by atoms with van der Waals surface area (Å²) in [6.07, 6.45) is 0.642. The number of fused-ring (bicyclic) bond motifs is 1. The number of aryl methyl sites for hydroxylation is 3. The molecule has 34 heavy (non-hydrogen) atoms. The highest BCUT2D eigenvalue weighted by atomic mass is 32.1. The summed E-state index contributed by atoms with van der Waals surface area (Å²) in [5, 5.41) is 22.3. The molecule has 0 radical (unpaired) electrons. The maximum Gasteiger partial charge on any atom is 0.269 e. The smallest absolute Gasteiger partial charge is 0.269 e. The zero-order valence-electron chi connectivity index (χ0n) is 18.9. The first kappa shape index (κ1) is 22.1. The number of hydrogen-bond acceptors (Lipinski definition) is 6. The Labute approximate surface area is 201 Å². The number of rotatable bonds is 3. The third kappa shape index (κ3) is 3.26. The SMILES string of the molecule is Cc1ccccc1-n1c(O)c([C@@H]2OCc3cnc(C)c(O)c32)c(=O)n(-c2ccccc2C)c1=S. The highest BCUT2D eigenvalue weighted by Gasteiger charge is 2.36. The maximum absolute atomic E-state index is 14.0. The summed E-state index contributed by atoms with van der Waals surface area (Å²) in [6, 6.07) is 14.9. The Morgan fingerprint density at radius 1 is 0.941 bits per heavy atom. The van der Waals surface area contributed by atoms with E-state index >= 15 is 0 Å². The molecule has 0 fully saturated rings. The molecule has 4 aromatic rings. The lowest BCUT2D eigenvalue weighted by atomic mass is 10.00. The van der Waals surface area contributed by atoms with Gasteiger partial charge < -0.3 is 14.9 Å². The third-order valence-corrected chi connectivity index (χ3v) is 6.63. The van der Waals surface area contributed by atoms with Gasteiger partial charge in [0.25, 0.3) is 5.56 Å². The van der Waals surface area contributed by atoms with Crippen LogP contribution in [0.2, 0.25) is 0 Å². The largest absolute Gasteiger partial charge is 0.506 e. The van der Waals surface area contributed by atoms with Crippen molar-refractivity contribution in [3.63, 3.8) is 0 Å². The predicted octanol–water partition coefficient (Wildman–Crippen LogP) is 4.71. The lowest BCUT2D eigenvalue weighted by molar-refractivity contribution is 0.0890. The number of aromatic nitrogens is 3. The van der Waals surface area contributed by atoms with Gasteiger partial charge in [0.1, 0.15) is 17.4 Å². The Kier molecular flexibility index (Phi) is 5.34. The zero-order chi connectivity index (χ0) is 24.1. The fraction of sp³-hybridized carbons (Fsp3) is 0.192. The van der Waals surface area contributed by atoms with Crippen LogP contribution in [0.3, 0.4) is 0 Å². The van der Waals surface area contributed by atoms with Crippen molar-refractivity contribution in [2.75, 3.05) is 0 Å². The molecule has 0 saturated carbocycles. The van der Waals surface area contributed by atoms with Gasteiger partial charge in [0.2, 0.25) is 5.88 Å². The van der Waals surface area contributed by atoms with E-state index in [1.165, 1.54) is 9.13 Å². The van der Waals surface area contributed by atoms with E-state index in [0.717, 1.165) is 11.1 Å². The van der Waals surface area contributed by atoms with Crippen molar-refractivity contribution in [3.8, 4) is 23.0 Å². The molecule has 1 aliphatic heterocycles. The highest BCUT2D eigenvalue weighted by molar-refractivity contribution is 7.71. The summed E-state index contributed by atoms with van der Waals surface area (Å²) >= 11 is 5.77. The molecule has 172 valence electrons. The van der Waals surface area contributed by atoms with Crippen LogP contribution in [0.25, 0.3) is 11.4 Å². The van der Waals surface area contributed by atoms with Crippen LogP contribution in [-0.4, -0.2) is 24.3 Å². The topological polar surface area (TPSA) is 89.5 Å². The van der Waals surface area contributed by atoms with Gasteiger partial charge in [0.05, 0.1) is 23.7 Å². The van der Waals surface area contributed by atoms with Crippen LogP contribution in [0, 0.1) is 25.5 Å². The lowest BCUT2D eigenvalue weighted by Gasteiger charge is -2.22. The molecule has 0 unspecified atom stereocenters. The van der Waals surface area contributed by atoms with E-state index in [0.29, 0.717) is 28.2 Å². The van der Waals surface area contributed by atoms with Crippen LogP contribution < -0.4 is 5.56 Å². The molecule has 0 saturated heterocycles. The number of benzene rings is 2. The van der Waals surface area contributed by atoms with Gasteiger partial charge in [-0.1, -0.05) is 36.4 Å². The minimum atomic E-state index is -0.981. The molecule has 0 spiro atoms. The molecule has 2 aromatic carbocycles. The van der Waals surface area contributed by atoms with Gasteiger partial charge in [-0.05, 0) is 56.2 Å². The maximum atomic E-state index is 14.0. The van der Waals surface area contributed by atoms with Gasteiger partial charge in [-0.15, -0.1) is 0 Å². The summed E-state index contributed by atoms with van der Waals surface area (Å²) in [5.41, 5.74) is 3.97. The molecule has 0 amide bonds. The van der Waals surface area contributed by atoms with Crippen molar-refractivity contribution in [2.24, 2.45) is 0 Å². The first-order chi connectivity index (χ1) is 16.3. The molecule has 0 bridgehead atoms. The molecule has 8 heteroatoms. The summed E-state index contributed by atoms with van der Waals surface area (Å²) in [5.74, 6) is -0.369. The van der Waals surface area contributed by atoms with Crippen LogP contribution in [0.1, 0.15) is 39.6 Å². The lowest BCUT2D eigenvalue weighted by Crippen LogP contribution is -2.29. The summed E-state index contributed by atoms with van der Waals surface area (Å²) in [4.78, 5) is 18.2. The Morgan fingerprint density at radius 3 is 2.15 bits per heavy atom. The summed E-state index contributed by atoms with van der Waals surface area (Å²) < 4.78 is 9.00. The van der Waals surface area contributed by atoms with Gasteiger partial charge in [-0.2, -0.15) is 0 Å². The number of hydrogen-bond donors (Lipinski definition) is 2. The Balaban J connectivity index is 1.91. The fourth-order valence-electron chi connectivity index (χ4n) is 4.45. The van der Waals surface area contributed by atoms with Crippen LogP contribution in [0.15, 0.2) is 59.5 Å². The van der Waals surface area contributed by atoms with Crippen LogP contribution in [-0.2, 0) is 11.3 Å². The molecule has 5 rings (SSSR count). The summed E-state index contributed by atoms with van der Waals surface area (Å²) in [7, 11) is 0. The Morgan fingerprint density at radius 2 is 1.53 bits per heavy atom. The molecule has 7 nitrogen and oxygen atoms in total. The molecule has 2 N–H and O–H groups in total. The van der Waals surface area contributed by atoms with Crippen molar-refractivity contribution in [3.05, 3.63) is 103 Å². The van der Waals surface area contributed by atoms with Gasteiger partial charge in [-0.3, -0.25) is 18.9 Å². The second-order valence-corrected chi connectivity index (χ2v) is 8.76. The summed E-state index contributed by atoms with van der Waals surface area (Å²) in [6.45, 7) is 5.63. The minimum Gasteiger partial charge on any atom is -0.506 e. The minimum absolute atomic E-state index is 0.000226. The van der Waals surface area contributed by atoms with Gasteiger partial charge in [-0.25, -0.2) is 0 Å². The Hall–Kier alpha value is -3.75. The molecule has 1 atom stereocenters. The number of pyridine rings is 1. The molecule has 0 aliphatic carbocycles. The van der Waals surface area contributed by atoms with E-state index in [1.807, 2.05) is 62.4 Å². The monoisotopic (exact) mass is 473 g/mol. The molecular formula is C26H23N3O4S. The van der Waals surface area contributed by atoms with Gasteiger partial charge in [0.15, 0.2) is 4.77 Å². The second-order valence-electron chi connectivity index (χ2n) is 8.39.